The molecule has 0 fully saturated rings. The number of aliphatic carboxylic acids is 3. The molecule has 392 valence electrons. The summed E-state index contributed by atoms with van der Waals surface area (Å²) in [5.41, 5.74) is 1.78. The quantitative estimate of drug-likeness (QED) is 0.0413. The van der Waals surface area contributed by atoms with Crippen LogP contribution in [0.25, 0.3) is 0 Å². The second kappa shape index (κ2) is 52.5. The van der Waals surface area contributed by atoms with Gasteiger partial charge in [0, 0.05) is 18.8 Å². The van der Waals surface area contributed by atoms with Gasteiger partial charge in [-0.25, -0.2) is 0 Å². The van der Waals surface area contributed by atoms with Crippen LogP contribution in [0.5, 0.6) is 0 Å². The van der Waals surface area contributed by atoms with Gasteiger partial charge < -0.3 is 25.0 Å². The number of carbonyl (C=O) groups excluding carboxylic acids is 1. The van der Waals surface area contributed by atoms with Gasteiger partial charge in [-0.1, -0.05) is 238 Å². The van der Waals surface area contributed by atoms with Crippen molar-refractivity contribution in [3.05, 3.63) is 11.6 Å². The third-order valence-electron chi connectivity index (χ3n) is 14.1. The van der Waals surface area contributed by atoms with Crippen LogP contribution in [0.4, 0.5) is 0 Å². The van der Waals surface area contributed by atoms with Crippen LogP contribution >= 0.6 is 0 Å². The largest absolute Gasteiger partial charge is 0.550 e. The van der Waals surface area contributed by atoms with Gasteiger partial charge >= 0.3 is 11.9 Å². The summed E-state index contributed by atoms with van der Waals surface area (Å²) in [7, 11) is 4.34. The van der Waals surface area contributed by atoms with E-state index in [1.165, 1.54) is 210 Å². The molecule has 0 amide bonds. The summed E-state index contributed by atoms with van der Waals surface area (Å²) >= 11 is 0. The average Bonchev–Trinajstić information content (AvgIpc) is 3.27. The van der Waals surface area contributed by atoms with E-state index in [0.29, 0.717) is 11.8 Å². The zero-order valence-corrected chi connectivity index (χ0v) is 45.2. The van der Waals surface area contributed by atoms with Crippen molar-refractivity contribution in [2.24, 2.45) is 17.8 Å². The zero-order valence-electron chi connectivity index (χ0n) is 45.2. The lowest BCUT2D eigenvalue weighted by Crippen LogP contribution is -3.05. The zero-order chi connectivity index (χ0) is 49.1. The number of hydrogen-bond donors (Lipinski definition) is 3. The summed E-state index contributed by atoms with van der Waals surface area (Å²) < 4.78 is 0. The highest BCUT2D eigenvalue weighted by Crippen LogP contribution is 2.42. The van der Waals surface area contributed by atoms with Crippen LogP contribution in [-0.4, -0.2) is 48.8 Å². The molecule has 0 heterocycles. The Hall–Kier alpha value is -1.89. The second-order valence-corrected chi connectivity index (χ2v) is 20.8. The molecule has 0 bridgehead atoms. The van der Waals surface area contributed by atoms with Crippen molar-refractivity contribution in [1.29, 1.82) is 0 Å². The highest BCUT2D eigenvalue weighted by Gasteiger charge is 2.31. The smallest absolute Gasteiger partial charge is 0.303 e. The Bertz CT molecular complexity index is 1070. The summed E-state index contributed by atoms with van der Waals surface area (Å²) in [6.07, 6.45) is 53.6. The van der Waals surface area contributed by atoms with Crippen LogP contribution in [0.15, 0.2) is 11.6 Å². The minimum Gasteiger partial charge on any atom is -0.550 e. The third kappa shape index (κ3) is 48.6. The molecule has 0 aromatic heterocycles. The Morgan fingerprint density at radius 1 is 0.424 bits per heavy atom. The number of allylic oxidation sites excluding steroid dienone is 2. The summed E-state index contributed by atoms with van der Waals surface area (Å²) in [5.74, 6) is -0.210. The third-order valence-corrected chi connectivity index (χ3v) is 14.1. The lowest BCUT2D eigenvalue weighted by molar-refractivity contribution is -0.858. The molecule has 0 saturated heterocycles. The van der Waals surface area contributed by atoms with E-state index in [4.69, 9.17) is 5.11 Å². The summed E-state index contributed by atoms with van der Waals surface area (Å²) in [4.78, 5) is 34.7. The fraction of sp³-hybridized carbons (Fsp3) is 0.915. The molecule has 3 unspecified atom stereocenters. The molecule has 0 aromatic carbocycles. The molecule has 7 nitrogen and oxygen atoms in total. The molecule has 0 saturated carbocycles. The van der Waals surface area contributed by atoms with Crippen LogP contribution in [0.3, 0.4) is 0 Å². The van der Waals surface area contributed by atoms with E-state index in [1.807, 2.05) is 0 Å². The molecular weight excluding hydrogens is 819 g/mol. The van der Waals surface area contributed by atoms with E-state index >= 15 is 0 Å². The second-order valence-electron chi connectivity index (χ2n) is 20.8. The number of quaternary nitrogens is 1. The number of carboxylic acids is 3. The number of nitrogens with one attached hydrogen (secondary N) is 1. The van der Waals surface area contributed by atoms with E-state index in [0.717, 1.165) is 70.1 Å². The maximum absolute atomic E-state index is 11.2. The predicted octanol–water partition coefficient (Wildman–Crippen LogP) is 16.1. The van der Waals surface area contributed by atoms with Crippen molar-refractivity contribution in [2.45, 2.75) is 310 Å². The Labute approximate surface area is 411 Å². The van der Waals surface area contributed by atoms with Crippen LogP contribution < -0.4 is 10.0 Å². The summed E-state index contributed by atoms with van der Waals surface area (Å²) in [6.45, 7) is 10.4. The molecule has 0 aromatic rings. The topological polar surface area (TPSA) is 119 Å². The van der Waals surface area contributed by atoms with E-state index in [1.54, 1.807) is 5.57 Å². The van der Waals surface area contributed by atoms with E-state index < -0.39 is 17.9 Å². The molecule has 0 radical (unpaired) electrons. The first-order valence-electron chi connectivity index (χ1n) is 29.1. The number of carboxylic acid groups (broad SMARTS) is 3. The van der Waals surface area contributed by atoms with Crippen molar-refractivity contribution >= 4 is 17.9 Å². The molecule has 0 spiro atoms. The van der Waals surface area contributed by atoms with Gasteiger partial charge in [-0.15, -0.1) is 0 Å². The van der Waals surface area contributed by atoms with Gasteiger partial charge in [0.25, 0.3) is 0 Å². The molecule has 3 N–H and O–H groups in total. The standard InChI is InChI=1S/C54H102O6.C5H13N/c1-4-7-10-13-21-30-39-48(41-32-23-16-18-27-36-45-52(55)56)50(43-34-25-15-12-9-6-3)51(44-35-26-20-29-38-47-54(59)60)49(40-31-22-14-11-8-5-2)42-33-24-17-19-28-37-46-53(57)58;1-4-5-6(2)3/h41,49-51H,4-40,42-47H2,1-3H3,(H,55,56)(H,57,58)(H,59,60);4-5H2,1-3H3/b48-41-;. The monoisotopic (exact) mass is 934 g/mol. The summed E-state index contributed by atoms with van der Waals surface area (Å²) in [6, 6.07) is 0. The first kappa shape index (κ1) is 66.2. The van der Waals surface area contributed by atoms with Gasteiger partial charge in [0.05, 0.1) is 20.6 Å². The van der Waals surface area contributed by atoms with Crippen molar-refractivity contribution < 1.29 is 34.6 Å². The van der Waals surface area contributed by atoms with Gasteiger partial charge in [-0.05, 0) is 88.4 Å². The lowest BCUT2D eigenvalue weighted by atomic mass is 9.68. The van der Waals surface area contributed by atoms with E-state index in [-0.39, 0.29) is 19.3 Å². The molecule has 0 rings (SSSR count). The number of carbonyl (C=O) groups is 3. The Kier molecular flexibility index (Phi) is 52.6. The van der Waals surface area contributed by atoms with Gasteiger partial charge in [0.1, 0.15) is 0 Å². The molecule has 0 aliphatic carbocycles. The van der Waals surface area contributed by atoms with Gasteiger partial charge in [-0.2, -0.15) is 0 Å². The SMILES string of the molecule is CCCCCCCC/C(=C/CCCCCCCC(=O)O)C(CCCCCCCC)C(CCCCCCCC(=O)O)C(CCCCCCCC)CCCCCCCCC(=O)[O-].CCC[NH+](C)C. The average molecular weight is 935 g/mol. The van der Waals surface area contributed by atoms with Crippen molar-refractivity contribution in [2.75, 3.05) is 20.6 Å². The summed E-state index contributed by atoms with van der Waals surface area (Å²) in [5, 5.41) is 29.2. The lowest BCUT2D eigenvalue weighted by Gasteiger charge is -2.37. The van der Waals surface area contributed by atoms with Crippen molar-refractivity contribution in [3.8, 4) is 0 Å². The van der Waals surface area contributed by atoms with Crippen molar-refractivity contribution in [3.63, 3.8) is 0 Å². The van der Waals surface area contributed by atoms with Gasteiger partial charge in [0.2, 0.25) is 0 Å². The molecule has 0 aliphatic rings. The first-order chi connectivity index (χ1) is 32.0. The highest BCUT2D eigenvalue weighted by atomic mass is 16.4. The maximum atomic E-state index is 11.2. The minimum atomic E-state index is -0.924. The van der Waals surface area contributed by atoms with Crippen LogP contribution in [0.1, 0.15) is 310 Å². The Balaban J connectivity index is 0. The number of unbranched alkanes of at least 4 members (excludes halogenated alkanes) is 29. The van der Waals surface area contributed by atoms with Gasteiger partial charge in [-0.3, -0.25) is 9.59 Å². The molecule has 0 aliphatic heterocycles. The molecule has 66 heavy (non-hydrogen) atoms. The maximum Gasteiger partial charge on any atom is 0.303 e. The van der Waals surface area contributed by atoms with E-state index in [2.05, 4.69) is 47.9 Å². The fourth-order valence-electron chi connectivity index (χ4n) is 10.2. The minimum absolute atomic E-state index is 0.183. The number of rotatable bonds is 51. The van der Waals surface area contributed by atoms with E-state index in [9.17, 15) is 24.6 Å². The molecule has 7 heteroatoms. The molecular formula is C59H115NO6. The first-order valence-corrected chi connectivity index (χ1v) is 29.1. The van der Waals surface area contributed by atoms with Crippen LogP contribution in [0, 0.1) is 17.8 Å². The number of hydrogen-bond acceptors (Lipinski definition) is 4. The van der Waals surface area contributed by atoms with Gasteiger partial charge in [0.15, 0.2) is 0 Å². The van der Waals surface area contributed by atoms with Crippen LogP contribution in [0.2, 0.25) is 0 Å². The Morgan fingerprint density at radius 2 is 0.773 bits per heavy atom. The van der Waals surface area contributed by atoms with Crippen molar-refractivity contribution in [1.82, 2.24) is 0 Å². The normalized spacial score (nSPS) is 13.1. The Morgan fingerprint density at radius 3 is 1.15 bits per heavy atom. The predicted molar refractivity (Wildman–Crippen MR) is 282 cm³/mol. The fourth-order valence-corrected chi connectivity index (χ4v) is 10.2. The highest BCUT2D eigenvalue weighted by molar-refractivity contribution is 5.66. The molecule has 3 atom stereocenters. The van der Waals surface area contributed by atoms with Crippen LogP contribution in [-0.2, 0) is 14.4 Å².